The third-order valence-corrected chi connectivity index (χ3v) is 12.3. The molecule has 0 saturated carbocycles. The number of alkyl halides is 3. The van der Waals surface area contributed by atoms with Gasteiger partial charge in [0.15, 0.2) is 11.6 Å². The molecule has 0 heterocycles. The number of carbonyl (C=O) groups excluding carboxylic acids is 1. The van der Waals surface area contributed by atoms with Crippen molar-refractivity contribution in [2.75, 3.05) is 10.6 Å². The predicted molar refractivity (Wildman–Crippen MR) is 111 cm³/mol. The summed E-state index contributed by atoms with van der Waals surface area (Å²) in [6.07, 6.45) is 0. The zero-order valence-corrected chi connectivity index (χ0v) is 19.9. The van der Waals surface area contributed by atoms with Crippen LogP contribution in [-0.2, 0) is 15.8 Å². The maximum atomic E-state index is 12.3. The number of carbonyl (C=O) groups is 1. The van der Waals surface area contributed by atoms with Crippen LogP contribution in [0.5, 0.6) is 0 Å². The summed E-state index contributed by atoms with van der Waals surface area (Å²) in [6, 6.07) is 7.75. The van der Waals surface area contributed by atoms with E-state index in [4.69, 9.17) is 4.43 Å². The summed E-state index contributed by atoms with van der Waals surface area (Å²) >= 11 is 10.0. The van der Waals surface area contributed by atoms with Gasteiger partial charge in [0.2, 0.25) is 0 Å². The van der Waals surface area contributed by atoms with Crippen LogP contribution in [0.4, 0.5) is 5.69 Å². The summed E-state index contributed by atoms with van der Waals surface area (Å²) in [5.41, 5.74) is 1.76. The molecule has 7 heteroatoms. The van der Waals surface area contributed by atoms with Crippen LogP contribution in [0, 0.1) is 0 Å². The van der Waals surface area contributed by atoms with E-state index in [-0.39, 0.29) is 10.9 Å². The van der Waals surface area contributed by atoms with E-state index in [0.717, 1.165) is 11.3 Å². The molecule has 0 atom stereocenters. The molecule has 1 aromatic rings. The molecule has 0 aliphatic heterocycles. The smallest absolute Gasteiger partial charge is 0.252 e. The van der Waals surface area contributed by atoms with Gasteiger partial charge in [0.05, 0.1) is 6.61 Å². The maximum Gasteiger partial charge on any atom is 0.252 e. The molecule has 1 aromatic carbocycles. The van der Waals surface area contributed by atoms with Crippen molar-refractivity contribution < 1.29 is 9.22 Å². The average Bonchev–Trinajstić information content (AvgIpc) is 2.45. The van der Waals surface area contributed by atoms with Crippen LogP contribution < -0.4 is 5.32 Å². The Balaban J connectivity index is 2.89. The second-order valence-electron chi connectivity index (χ2n) is 7.00. The maximum absolute atomic E-state index is 12.3. The number of rotatable bonds is 6. The summed E-state index contributed by atoms with van der Waals surface area (Å²) in [4.78, 5) is 12.3. The molecule has 23 heavy (non-hydrogen) atoms. The molecule has 0 aliphatic carbocycles. The van der Waals surface area contributed by atoms with E-state index in [1.807, 2.05) is 24.3 Å². The molecule has 0 aliphatic rings. The number of amides is 1. The molecule has 0 saturated heterocycles. The molecule has 0 radical (unpaired) electrons. The molecule has 1 N–H and O–H groups in total. The Hall–Kier alpha value is 0.307. The van der Waals surface area contributed by atoms with E-state index >= 15 is 0 Å². The van der Waals surface area contributed by atoms with Crippen LogP contribution in [0.3, 0.4) is 0 Å². The van der Waals surface area contributed by atoms with Gasteiger partial charge in [0, 0.05) is 11.0 Å². The molecule has 0 fully saturated rings. The van der Waals surface area contributed by atoms with Crippen LogP contribution in [-0.4, -0.2) is 22.8 Å². The van der Waals surface area contributed by atoms with Gasteiger partial charge in [0.25, 0.3) is 5.91 Å². The lowest BCUT2D eigenvalue weighted by Gasteiger charge is -2.36. The van der Waals surface area contributed by atoms with Gasteiger partial charge in [-0.1, -0.05) is 86.8 Å². The van der Waals surface area contributed by atoms with Crippen LogP contribution >= 0.6 is 47.8 Å². The average molecular weight is 530 g/mol. The van der Waals surface area contributed by atoms with Gasteiger partial charge in [0.1, 0.15) is 0 Å². The number of anilines is 1. The Bertz CT molecular complexity index is 557. The first-order chi connectivity index (χ1) is 10.4. The molecule has 130 valence electrons. The fourth-order valence-corrected chi connectivity index (χ4v) is 2.92. The summed E-state index contributed by atoms with van der Waals surface area (Å²) in [6.45, 7) is 11.6. The minimum atomic E-state index is -1.83. The lowest BCUT2D eigenvalue weighted by molar-refractivity contribution is -0.115. The molecule has 3 nitrogen and oxygen atoms in total. The van der Waals surface area contributed by atoms with Gasteiger partial charge < -0.3 is 9.74 Å². The first-order valence-corrected chi connectivity index (χ1v) is 13.0. The molecule has 0 aromatic heterocycles. The van der Waals surface area contributed by atoms with E-state index < -0.39 is 11.6 Å². The SMILES string of the molecule is CC(C)(C)[Si](C)(C)OCc1ccccc1NC(=O)C(Br)(Br)CBr. The van der Waals surface area contributed by atoms with Crippen molar-refractivity contribution in [1.82, 2.24) is 0 Å². The van der Waals surface area contributed by atoms with Crippen molar-refractivity contribution in [3.63, 3.8) is 0 Å². The highest BCUT2D eigenvalue weighted by Crippen LogP contribution is 2.37. The largest absolute Gasteiger partial charge is 0.412 e. The Labute approximate surface area is 165 Å². The van der Waals surface area contributed by atoms with Crippen LogP contribution in [0.1, 0.15) is 26.3 Å². The second-order valence-corrected chi connectivity index (χ2v) is 16.1. The highest BCUT2D eigenvalue weighted by atomic mass is 79.9. The van der Waals surface area contributed by atoms with Gasteiger partial charge in [-0.25, -0.2) is 0 Å². The fourth-order valence-electron chi connectivity index (χ4n) is 1.52. The summed E-state index contributed by atoms with van der Waals surface area (Å²) < 4.78 is 5.44. The second kappa shape index (κ2) is 8.12. The van der Waals surface area contributed by atoms with Gasteiger partial charge in [-0.15, -0.1) is 0 Å². The van der Waals surface area contributed by atoms with E-state index in [9.17, 15) is 4.79 Å². The van der Waals surface area contributed by atoms with E-state index in [1.54, 1.807) is 0 Å². The van der Waals surface area contributed by atoms with Gasteiger partial charge >= 0.3 is 0 Å². The van der Waals surface area contributed by atoms with Crippen molar-refractivity contribution in [2.24, 2.45) is 0 Å². The molecule has 1 amide bonds. The Morgan fingerprint density at radius 2 is 1.78 bits per heavy atom. The fraction of sp³-hybridized carbons (Fsp3) is 0.562. The standard InChI is InChI=1S/C16H24Br3NO2Si/c1-15(2,3)23(4,5)22-10-12-8-6-7-9-13(12)20-14(21)16(18,19)11-17/h6-9H,10-11H2,1-5H3,(H,20,21). The topological polar surface area (TPSA) is 38.3 Å². The van der Waals surface area contributed by atoms with Gasteiger partial charge in [-0.3, -0.25) is 4.79 Å². The third-order valence-electron chi connectivity index (χ3n) is 4.16. The monoisotopic (exact) mass is 527 g/mol. The minimum Gasteiger partial charge on any atom is -0.412 e. The summed E-state index contributed by atoms with van der Waals surface area (Å²) in [5, 5.41) is 3.56. The van der Waals surface area contributed by atoms with Crippen molar-refractivity contribution in [1.29, 1.82) is 0 Å². The molecular weight excluding hydrogens is 506 g/mol. The highest BCUT2D eigenvalue weighted by molar-refractivity contribution is 9.26. The van der Waals surface area contributed by atoms with Crippen LogP contribution in [0.25, 0.3) is 0 Å². The number of para-hydroxylation sites is 1. The van der Waals surface area contributed by atoms with E-state index in [0.29, 0.717) is 11.9 Å². The molecule has 0 unspecified atom stereocenters. The molecular formula is C16H24Br3NO2Si. The first kappa shape index (κ1) is 21.3. The lowest BCUT2D eigenvalue weighted by Crippen LogP contribution is -2.40. The number of hydrogen-bond acceptors (Lipinski definition) is 2. The zero-order chi connectivity index (χ0) is 17.9. The predicted octanol–water partition coefficient (Wildman–Crippen LogP) is 6.03. The van der Waals surface area contributed by atoms with Crippen molar-refractivity contribution in [2.45, 2.75) is 48.7 Å². The number of nitrogens with one attached hydrogen (secondary N) is 1. The van der Waals surface area contributed by atoms with E-state index in [1.165, 1.54) is 0 Å². The third kappa shape index (κ3) is 5.95. The summed E-state index contributed by atoms with van der Waals surface area (Å²) in [5.74, 6) is -0.158. The zero-order valence-electron chi connectivity index (χ0n) is 14.2. The first-order valence-electron chi connectivity index (χ1n) is 7.38. The normalized spacial score (nSPS) is 13.0. The van der Waals surface area contributed by atoms with Crippen molar-refractivity contribution >= 4 is 67.7 Å². The quantitative estimate of drug-likeness (QED) is 0.361. The molecule has 1 rings (SSSR count). The Morgan fingerprint density at radius 1 is 1.22 bits per heavy atom. The number of hydrogen-bond donors (Lipinski definition) is 1. The minimum absolute atomic E-state index is 0.155. The summed E-state index contributed by atoms with van der Waals surface area (Å²) in [7, 11) is -1.83. The lowest BCUT2D eigenvalue weighted by atomic mass is 10.2. The molecule has 0 spiro atoms. The van der Waals surface area contributed by atoms with Gasteiger partial charge in [-0.05, 0) is 29.8 Å². The van der Waals surface area contributed by atoms with Crippen molar-refractivity contribution in [3.05, 3.63) is 29.8 Å². The van der Waals surface area contributed by atoms with Crippen molar-refractivity contribution in [3.8, 4) is 0 Å². The van der Waals surface area contributed by atoms with Crippen LogP contribution in [0.2, 0.25) is 18.1 Å². The Kier molecular flexibility index (Phi) is 7.54. The molecule has 0 bridgehead atoms. The Morgan fingerprint density at radius 3 is 2.30 bits per heavy atom. The van der Waals surface area contributed by atoms with Gasteiger partial charge in [-0.2, -0.15) is 0 Å². The number of halogens is 3. The van der Waals surface area contributed by atoms with Crippen LogP contribution in [0.15, 0.2) is 24.3 Å². The highest BCUT2D eigenvalue weighted by Gasteiger charge is 2.37. The number of benzene rings is 1. The van der Waals surface area contributed by atoms with E-state index in [2.05, 4.69) is 87.0 Å².